The number of benzene rings is 1. The second kappa shape index (κ2) is 12.2. The molecule has 0 aliphatic heterocycles. The first-order valence-corrected chi connectivity index (χ1v) is 12.1. The topological polar surface area (TPSA) is 35.5 Å². The molecule has 0 unspecified atom stereocenters. The summed E-state index contributed by atoms with van der Waals surface area (Å²) in [5, 5.41) is 0. The molecule has 0 saturated heterocycles. The average molecular weight is 447 g/mol. The minimum atomic E-state index is -1.19. The smallest absolute Gasteiger partial charge is 0.314 e. The largest absolute Gasteiger partial charge is 0.462 e. The zero-order chi connectivity index (χ0) is 22.9. The van der Waals surface area contributed by atoms with Crippen LogP contribution in [0.1, 0.15) is 78.1 Å². The van der Waals surface area contributed by atoms with Crippen LogP contribution in [-0.4, -0.2) is 5.97 Å². The van der Waals surface area contributed by atoms with Gasteiger partial charge in [-0.3, -0.25) is 4.79 Å². The Morgan fingerprint density at radius 2 is 1.50 bits per heavy atom. The summed E-state index contributed by atoms with van der Waals surface area (Å²) in [6.45, 7) is 3.78. The van der Waals surface area contributed by atoms with Gasteiger partial charge in [0.25, 0.3) is 0 Å². The van der Waals surface area contributed by atoms with Crippen molar-refractivity contribution in [1.82, 2.24) is 0 Å². The lowest BCUT2D eigenvalue weighted by molar-refractivity contribution is -0.140. The molecule has 1 aromatic rings. The van der Waals surface area contributed by atoms with E-state index >= 15 is 0 Å². The molecule has 0 bridgehead atoms. The van der Waals surface area contributed by atoms with E-state index in [0.29, 0.717) is 5.92 Å². The minimum Gasteiger partial charge on any atom is -0.462 e. The summed E-state index contributed by atoms with van der Waals surface area (Å²) >= 11 is 0. The van der Waals surface area contributed by atoms with E-state index in [-0.39, 0.29) is 17.4 Å². The number of hydrogen-bond donors (Lipinski definition) is 0. The second-order valence-electron chi connectivity index (χ2n) is 9.24. The van der Waals surface area contributed by atoms with Crippen molar-refractivity contribution in [1.29, 1.82) is 0 Å². The van der Waals surface area contributed by atoms with E-state index in [4.69, 9.17) is 9.47 Å². The molecule has 176 valence electrons. The van der Waals surface area contributed by atoms with Crippen LogP contribution in [0, 0.1) is 35.3 Å². The number of hydrogen-bond acceptors (Lipinski definition) is 3. The predicted molar refractivity (Wildman–Crippen MR) is 122 cm³/mol. The van der Waals surface area contributed by atoms with Gasteiger partial charge in [0.1, 0.15) is 0 Å². The molecule has 0 radical (unpaired) electrons. The van der Waals surface area contributed by atoms with E-state index in [1.165, 1.54) is 56.9 Å². The van der Waals surface area contributed by atoms with E-state index in [1.807, 2.05) is 0 Å². The quantitative estimate of drug-likeness (QED) is 0.177. The second-order valence-corrected chi connectivity index (χ2v) is 9.24. The highest BCUT2D eigenvalue weighted by Gasteiger charge is 2.34. The third kappa shape index (κ3) is 6.43. The van der Waals surface area contributed by atoms with E-state index in [1.54, 1.807) is 13.0 Å². The summed E-state index contributed by atoms with van der Waals surface area (Å²) in [7, 11) is 0. The summed E-state index contributed by atoms with van der Waals surface area (Å²) < 4.78 is 38.7. The van der Waals surface area contributed by atoms with Crippen molar-refractivity contribution in [2.24, 2.45) is 23.7 Å². The van der Waals surface area contributed by atoms with E-state index < -0.39 is 17.6 Å². The molecule has 2 fully saturated rings. The van der Waals surface area contributed by atoms with Gasteiger partial charge in [-0.2, -0.15) is 8.78 Å². The number of carbonyl (C=O) groups excluding carboxylic acids is 1. The molecule has 5 heteroatoms. The van der Waals surface area contributed by atoms with Gasteiger partial charge in [0.05, 0.1) is 12.2 Å². The molecular weight excluding hydrogens is 410 g/mol. The van der Waals surface area contributed by atoms with E-state index in [2.05, 4.69) is 19.1 Å². The van der Waals surface area contributed by atoms with Crippen LogP contribution in [0.3, 0.4) is 0 Å². The van der Waals surface area contributed by atoms with Gasteiger partial charge < -0.3 is 9.47 Å². The normalized spacial score (nSPS) is 26.5. The fraction of sp³-hybridized carbons (Fsp3) is 0.593. The molecule has 0 aromatic heterocycles. The summed E-state index contributed by atoms with van der Waals surface area (Å²) in [5.74, 6) is -1.37. The fourth-order valence-corrected chi connectivity index (χ4v) is 5.29. The molecule has 1 aromatic carbocycles. The van der Waals surface area contributed by atoms with Crippen LogP contribution in [0.15, 0.2) is 36.6 Å². The van der Waals surface area contributed by atoms with Crippen LogP contribution in [-0.2, 0) is 4.79 Å². The van der Waals surface area contributed by atoms with Crippen molar-refractivity contribution >= 4 is 5.97 Å². The maximum atomic E-state index is 14.3. The Bertz CT molecular complexity index is 801. The molecule has 3 rings (SSSR count). The van der Waals surface area contributed by atoms with Crippen molar-refractivity contribution in [3.05, 3.63) is 48.3 Å². The first-order valence-electron chi connectivity index (χ1n) is 12.1. The highest BCUT2D eigenvalue weighted by Crippen LogP contribution is 2.42. The number of halogens is 2. The summed E-state index contributed by atoms with van der Waals surface area (Å²) in [5.41, 5.74) is 0. The molecule has 3 nitrogen and oxygen atoms in total. The SMILES string of the molecule is CC=CCCC1CCC(C2CCC(C(=O)Oc3ccc(OC=CC)c(F)c3F)CC2)CC1. The Kier molecular flexibility index (Phi) is 9.31. The van der Waals surface area contributed by atoms with Gasteiger partial charge in [0.2, 0.25) is 11.6 Å². The third-order valence-electron chi connectivity index (χ3n) is 7.19. The summed E-state index contributed by atoms with van der Waals surface area (Å²) in [4.78, 5) is 12.6. The van der Waals surface area contributed by atoms with Crippen LogP contribution >= 0.6 is 0 Å². The Balaban J connectivity index is 1.45. The highest BCUT2D eigenvalue weighted by atomic mass is 19.2. The lowest BCUT2D eigenvalue weighted by Gasteiger charge is -2.37. The molecule has 32 heavy (non-hydrogen) atoms. The van der Waals surface area contributed by atoms with Crippen molar-refractivity contribution in [2.75, 3.05) is 0 Å². The molecule has 0 heterocycles. The number of rotatable bonds is 8. The van der Waals surface area contributed by atoms with E-state index in [9.17, 15) is 13.6 Å². The lowest BCUT2D eigenvalue weighted by atomic mass is 9.68. The first kappa shape index (κ1) is 24.5. The molecule has 2 saturated carbocycles. The third-order valence-corrected chi connectivity index (χ3v) is 7.19. The zero-order valence-electron chi connectivity index (χ0n) is 19.3. The molecule has 0 N–H and O–H groups in total. The number of esters is 1. The summed E-state index contributed by atoms with van der Waals surface area (Å²) in [6, 6.07) is 2.52. The molecule has 2 aliphatic carbocycles. The molecule has 2 aliphatic rings. The Labute approximate surface area is 190 Å². The fourth-order valence-electron chi connectivity index (χ4n) is 5.29. The van der Waals surface area contributed by atoms with Crippen LogP contribution in [0.25, 0.3) is 0 Å². The minimum absolute atomic E-state index is 0.238. The zero-order valence-corrected chi connectivity index (χ0v) is 19.3. The van der Waals surface area contributed by atoms with Crippen molar-refractivity contribution < 1.29 is 23.0 Å². The average Bonchev–Trinajstić information content (AvgIpc) is 2.82. The predicted octanol–water partition coefficient (Wildman–Crippen LogP) is 7.75. The first-order chi connectivity index (χ1) is 15.5. The van der Waals surface area contributed by atoms with Crippen molar-refractivity contribution in [2.45, 2.75) is 78.1 Å². The lowest BCUT2D eigenvalue weighted by Crippen LogP contribution is -2.30. The highest BCUT2D eigenvalue weighted by molar-refractivity contribution is 5.75. The van der Waals surface area contributed by atoms with Gasteiger partial charge in [0.15, 0.2) is 11.5 Å². The molecular formula is C27H36F2O3. The Hall–Kier alpha value is -2.17. The van der Waals surface area contributed by atoms with Crippen LogP contribution < -0.4 is 9.47 Å². The van der Waals surface area contributed by atoms with Gasteiger partial charge >= 0.3 is 5.97 Å². The van der Waals surface area contributed by atoms with Gasteiger partial charge in [-0.1, -0.05) is 31.1 Å². The summed E-state index contributed by atoms with van der Waals surface area (Å²) in [6.07, 6.45) is 18.5. The van der Waals surface area contributed by atoms with Gasteiger partial charge in [-0.15, -0.1) is 0 Å². The van der Waals surface area contributed by atoms with Crippen molar-refractivity contribution in [3.63, 3.8) is 0 Å². The standard InChI is InChI=1S/C27H36F2O3/c1-3-5-6-7-19-8-10-20(11-9-19)21-12-14-22(15-13-21)27(30)32-24-17-16-23(31-18-4-2)25(28)26(24)29/h3-5,16-22H,6-15H2,1-2H3. The molecule has 0 amide bonds. The number of allylic oxidation sites excluding steroid dienone is 3. The number of ether oxygens (including phenoxy) is 2. The monoisotopic (exact) mass is 446 g/mol. The van der Waals surface area contributed by atoms with Crippen LogP contribution in [0.5, 0.6) is 11.5 Å². The maximum Gasteiger partial charge on any atom is 0.314 e. The van der Waals surface area contributed by atoms with Gasteiger partial charge in [-0.25, -0.2) is 0 Å². The molecule has 0 spiro atoms. The van der Waals surface area contributed by atoms with Gasteiger partial charge in [-0.05, 0) is 95.1 Å². The Morgan fingerprint density at radius 1 is 0.906 bits per heavy atom. The Morgan fingerprint density at radius 3 is 2.12 bits per heavy atom. The molecule has 0 atom stereocenters. The van der Waals surface area contributed by atoms with Crippen LogP contribution in [0.4, 0.5) is 8.78 Å². The maximum absolute atomic E-state index is 14.3. The van der Waals surface area contributed by atoms with Crippen molar-refractivity contribution in [3.8, 4) is 11.5 Å². The number of carbonyl (C=O) groups is 1. The van der Waals surface area contributed by atoms with E-state index in [0.717, 1.165) is 37.5 Å². The van der Waals surface area contributed by atoms with Gasteiger partial charge in [0, 0.05) is 0 Å². The van der Waals surface area contributed by atoms with Crippen LogP contribution in [0.2, 0.25) is 0 Å².